The summed E-state index contributed by atoms with van der Waals surface area (Å²) in [5, 5.41) is 13.8. The van der Waals surface area contributed by atoms with Crippen molar-refractivity contribution in [3.05, 3.63) is 63.2 Å². The molecule has 0 aromatic heterocycles. The van der Waals surface area contributed by atoms with Gasteiger partial charge in [0.05, 0.1) is 11.5 Å². The molecule has 22 heavy (non-hydrogen) atoms. The zero-order valence-corrected chi connectivity index (χ0v) is 12.5. The van der Waals surface area contributed by atoms with Gasteiger partial charge in [0.15, 0.2) is 0 Å². The van der Waals surface area contributed by atoms with Gasteiger partial charge in [-0.05, 0) is 43.3 Å². The van der Waals surface area contributed by atoms with Gasteiger partial charge in [0.1, 0.15) is 11.3 Å². The van der Waals surface area contributed by atoms with Crippen molar-refractivity contribution in [1.82, 2.24) is 0 Å². The number of ether oxygens (including phenoxy) is 1. The van der Waals surface area contributed by atoms with Crippen molar-refractivity contribution < 1.29 is 14.5 Å². The largest absolute Gasteiger partial charge is 0.494 e. The Morgan fingerprint density at radius 3 is 2.55 bits per heavy atom. The molecule has 0 fully saturated rings. The Labute approximate surface area is 131 Å². The zero-order chi connectivity index (χ0) is 16.1. The fourth-order valence-corrected chi connectivity index (χ4v) is 2.02. The Morgan fingerprint density at radius 2 is 1.95 bits per heavy atom. The van der Waals surface area contributed by atoms with Gasteiger partial charge >= 0.3 is 0 Å². The molecular weight excluding hydrogens is 308 g/mol. The van der Waals surface area contributed by atoms with Crippen LogP contribution in [0.4, 0.5) is 11.4 Å². The predicted octanol–water partition coefficient (Wildman–Crippen LogP) is 3.90. The van der Waals surface area contributed by atoms with Crippen LogP contribution in [0.1, 0.15) is 17.3 Å². The Morgan fingerprint density at radius 1 is 1.27 bits per heavy atom. The number of anilines is 1. The summed E-state index contributed by atoms with van der Waals surface area (Å²) >= 11 is 5.80. The maximum Gasteiger partial charge on any atom is 0.282 e. The van der Waals surface area contributed by atoms with Gasteiger partial charge in [0, 0.05) is 16.8 Å². The van der Waals surface area contributed by atoms with Gasteiger partial charge in [-0.15, -0.1) is 0 Å². The quantitative estimate of drug-likeness (QED) is 0.669. The van der Waals surface area contributed by atoms with E-state index in [-0.39, 0.29) is 16.3 Å². The summed E-state index contributed by atoms with van der Waals surface area (Å²) in [5.41, 5.74) is 0.113. The molecule has 2 aromatic rings. The lowest BCUT2D eigenvalue weighted by atomic mass is 10.1. The lowest BCUT2D eigenvalue weighted by molar-refractivity contribution is -0.385. The molecule has 114 valence electrons. The van der Waals surface area contributed by atoms with E-state index in [9.17, 15) is 14.9 Å². The van der Waals surface area contributed by atoms with Gasteiger partial charge < -0.3 is 10.1 Å². The minimum absolute atomic E-state index is 0.0913. The second-order valence-electron chi connectivity index (χ2n) is 4.33. The maximum absolute atomic E-state index is 12.2. The standard InChI is InChI=1S/C15H13ClN2O4/c1-2-22-12-6-4-11(5-7-12)17-15(19)13-9-10(16)3-8-14(13)18(20)21/h3-9H,2H2,1H3,(H,17,19). The highest BCUT2D eigenvalue weighted by Crippen LogP contribution is 2.24. The summed E-state index contributed by atoms with van der Waals surface area (Å²) in [6.07, 6.45) is 0. The molecule has 1 amide bonds. The number of nitro benzene ring substituents is 1. The number of halogens is 1. The molecule has 0 unspecified atom stereocenters. The molecule has 0 saturated carbocycles. The van der Waals surface area contributed by atoms with Crippen molar-refractivity contribution in [3.8, 4) is 5.75 Å². The maximum atomic E-state index is 12.2. The van der Waals surface area contributed by atoms with Gasteiger partial charge in [0.25, 0.3) is 11.6 Å². The minimum atomic E-state index is -0.622. The third kappa shape index (κ3) is 3.73. The Hall–Kier alpha value is -2.60. The number of carbonyl (C=O) groups excluding carboxylic acids is 1. The normalized spacial score (nSPS) is 10.1. The van der Waals surface area contributed by atoms with Crippen molar-refractivity contribution >= 4 is 28.9 Å². The van der Waals surface area contributed by atoms with Crippen LogP contribution in [-0.2, 0) is 0 Å². The highest BCUT2D eigenvalue weighted by molar-refractivity contribution is 6.31. The van der Waals surface area contributed by atoms with Gasteiger partial charge in [-0.2, -0.15) is 0 Å². The number of amides is 1. The van der Waals surface area contributed by atoms with Crippen LogP contribution in [0.5, 0.6) is 5.75 Å². The molecule has 2 rings (SSSR count). The fourth-order valence-electron chi connectivity index (χ4n) is 1.85. The van der Waals surface area contributed by atoms with Gasteiger partial charge in [0.2, 0.25) is 0 Å². The zero-order valence-electron chi connectivity index (χ0n) is 11.7. The first-order valence-corrected chi connectivity index (χ1v) is 6.87. The van der Waals surface area contributed by atoms with Crippen LogP contribution in [0.3, 0.4) is 0 Å². The molecule has 2 aromatic carbocycles. The van der Waals surface area contributed by atoms with E-state index in [0.717, 1.165) is 0 Å². The van der Waals surface area contributed by atoms with Crippen LogP contribution >= 0.6 is 11.6 Å². The van der Waals surface area contributed by atoms with Crippen LogP contribution in [-0.4, -0.2) is 17.4 Å². The van der Waals surface area contributed by atoms with Gasteiger partial charge in [-0.25, -0.2) is 0 Å². The molecule has 0 heterocycles. The summed E-state index contributed by atoms with van der Waals surface area (Å²) < 4.78 is 5.30. The highest BCUT2D eigenvalue weighted by Gasteiger charge is 2.20. The highest BCUT2D eigenvalue weighted by atomic mass is 35.5. The molecule has 0 bridgehead atoms. The molecule has 0 radical (unpaired) electrons. The molecule has 1 N–H and O–H groups in total. The van der Waals surface area contributed by atoms with Gasteiger partial charge in [-0.1, -0.05) is 11.6 Å². The van der Waals surface area contributed by atoms with Crippen molar-refractivity contribution in [2.24, 2.45) is 0 Å². The number of nitro groups is 1. The van der Waals surface area contributed by atoms with Crippen LogP contribution in [0.25, 0.3) is 0 Å². The third-order valence-corrected chi connectivity index (χ3v) is 3.06. The lowest BCUT2D eigenvalue weighted by Gasteiger charge is -2.08. The number of carbonyl (C=O) groups is 1. The summed E-state index contributed by atoms with van der Waals surface area (Å²) in [4.78, 5) is 22.5. The molecular formula is C15H13ClN2O4. The fraction of sp³-hybridized carbons (Fsp3) is 0.133. The number of hydrogen-bond donors (Lipinski definition) is 1. The van der Waals surface area contributed by atoms with E-state index in [1.165, 1.54) is 18.2 Å². The molecule has 0 aliphatic rings. The van der Waals surface area contributed by atoms with E-state index in [1.807, 2.05) is 6.92 Å². The van der Waals surface area contributed by atoms with Crippen LogP contribution < -0.4 is 10.1 Å². The number of nitrogens with one attached hydrogen (secondary N) is 1. The minimum Gasteiger partial charge on any atom is -0.494 e. The first-order chi connectivity index (χ1) is 10.5. The smallest absolute Gasteiger partial charge is 0.282 e. The summed E-state index contributed by atoms with van der Waals surface area (Å²) in [7, 11) is 0. The summed E-state index contributed by atoms with van der Waals surface area (Å²) in [6.45, 7) is 2.41. The van der Waals surface area contributed by atoms with E-state index in [2.05, 4.69) is 5.32 Å². The van der Waals surface area contributed by atoms with Crippen molar-refractivity contribution in [3.63, 3.8) is 0 Å². The first-order valence-electron chi connectivity index (χ1n) is 6.49. The van der Waals surface area contributed by atoms with Crippen molar-refractivity contribution in [1.29, 1.82) is 0 Å². The topological polar surface area (TPSA) is 81.5 Å². The molecule has 7 heteroatoms. The Bertz CT molecular complexity index is 701. The summed E-state index contributed by atoms with van der Waals surface area (Å²) in [5.74, 6) is 0.0765. The van der Waals surface area contributed by atoms with E-state index in [0.29, 0.717) is 18.0 Å². The van der Waals surface area contributed by atoms with E-state index in [1.54, 1.807) is 24.3 Å². The SMILES string of the molecule is CCOc1ccc(NC(=O)c2cc(Cl)ccc2[N+](=O)[O-])cc1. The van der Waals surface area contributed by atoms with E-state index >= 15 is 0 Å². The molecule has 6 nitrogen and oxygen atoms in total. The Balaban J connectivity index is 2.22. The lowest BCUT2D eigenvalue weighted by Crippen LogP contribution is -2.14. The van der Waals surface area contributed by atoms with Crippen molar-refractivity contribution in [2.45, 2.75) is 6.92 Å². The van der Waals surface area contributed by atoms with Gasteiger partial charge in [-0.3, -0.25) is 14.9 Å². The predicted molar refractivity (Wildman–Crippen MR) is 83.7 cm³/mol. The number of hydrogen-bond acceptors (Lipinski definition) is 4. The monoisotopic (exact) mass is 320 g/mol. The molecule has 0 aliphatic carbocycles. The van der Waals surface area contributed by atoms with Crippen LogP contribution in [0, 0.1) is 10.1 Å². The molecule has 0 saturated heterocycles. The van der Waals surface area contributed by atoms with Crippen LogP contribution in [0.15, 0.2) is 42.5 Å². The summed E-state index contributed by atoms with van der Waals surface area (Å²) in [6, 6.07) is 10.5. The molecule has 0 aliphatic heterocycles. The average molecular weight is 321 g/mol. The first kappa shape index (κ1) is 15.8. The number of nitrogens with zero attached hydrogens (tertiary/aromatic N) is 1. The van der Waals surface area contributed by atoms with E-state index in [4.69, 9.17) is 16.3 Å². The van der Waals surface area contributed by atoms with Crippen LogP contribution in [0.2, 0.25) is 5.02 Å². The van der Waals surface area contributed by atoms with Crippen molar-refractivity contribution in [2.75, 3.05) is 11.9 Å². The molecule has 0 spiro atoms. The van der Waals surface area contributed by atoms with E-state index < -0.39 is 10.8 Å². The number of benzene rings is 2. The molecule has 0 atom stereocenters. The number of rotatable bonds is 5. The third-order valence-electron chi connectivity index (χ3n) is 2.82. The Kier molecular flexibility index (Phi) is 4.95. The second-order valence-corrected chi connectivity index (χ2v) is 4.77. The average Bonchev–Trinajstić information content (AvgIpc) is 2.49. The second kappa shape index (κ2) is 6.91.